The second-order valence-electron chi connectivity index (χ2n) is 6.26. The average molecular weight is 283 g/mol. The smallest absolute Gasteiger partial charge is 0.237 e. The summed E-state index contributed by atoms with van der Waals surface area (Å²) >= 11 is 0. The fraction of sp³-hybridized carbons (Fsp3) is 0.933. The van der Waals surface area contributed by atoms with E-state index >= 15 is 0 Å². The van der Waals surface area contributed by atoms with Crippen molar-refractivity contribution in [3.63, 3.8) is 0 Å². The molecule has 1 heterocycles. The van der Waals surface area contributed by atoms with Gasteiger partial charge < -0.3 is 10.1 Å². The molecule has 5 nitrogen and oxygen atoms in total. The summed E-state index contributed by atoms with van der Waals surface area (Å²) in [6.45, 7) is 12.0. The number of carbonyl (C=O) groups excluding carboxylic acids is 1. The van der Waals surface area contributed by atoms with Gasteiger partial charge in [0.2, 0.25) is 5.91 Å². The van der Waals surface area contributed by atoms with Crippen LogP contribution in [0, 0.1) is 0 Å². The second-order valence-corrected chi connectivity index (χ2v) is 6.26. The molecule has 1 aliphatic heterocycles. The fourth-order valence-electron chi connectivity index (χ4n) is 2.51. The van der Waals surface area contributed by atoms with E-state index in [4.69, 9.17) is 4.74 Å². The number of rotatable bonds is 7. The Balaban J connectivity index is 1.63. The molecule has 0 spiro atoms. The Labute approximate surface area is 122 Å². The van der Waals surface area contributed by atoms with Gasteiger partial charge in [-0.3, -0.25) is 14.6 Å². The molecule has 0 bridgehead atoms. The van der Waals surface area contributed by atoms with E-state index in [1.807, 2.05) is 6.92 Å². The maximum Gasteiger partial charge on any atom is 0.237 e. The maximum atomic E-state index is 12.0. The van der Waals surface area contributed by atoms with Crippen LogP contribution in [-0.4, -0.2) is 73.2 Å². The SMILES string of the molecule is CC(C)OCCN1CCN(C(C)C(=O)NC2CC2)CC1. The van der Waals surface area contributed by atoms with Gasteiger partial charge in [0.05, 0.1) is 18.8 Å². The summed E-state index contributed by atoms with van der Waals surface area (Å²) in [7, 11) is 0. The van der Waals surface area contributed by atoms with Crippen LogP contribution in [0.2, 0.25) is 0 Å². The Morgan fingerprint density at radius 1 is 1.20 bits per heavy atom. The van der Waals surface area contributed by atoms with Crippen molar-refractivity contribution < 1.29 is 9.53 Å². The van der Waals surface area contributed by atoms with Crippen LogP contribution in [0.15, 0.2) is 0 Å². The maximum absolute atomic E-state index is 12.0. The molecular weight excluding hydrogens is 254 g/mol. The first-order chi connectivity index (χ1) is 9.56. The number of piperazine rings is 1. The largest absolute Gasteiger partial charge is 0.377 e. The van der Waals surface area contributed by atoms with Gasteiger partial charge in [-0.1, -0.05) is 0 Å². The highest BCUT2D eigenvalue weighted by atomic mass is 16.5. The summed E-state index contributed by atoms with van der Waals surface area (Å²) in [6.07, 6.45) is 2.62. The standard InChI is InChI=1S/C15H29N3O2/c1-12(2)20-11-10-17-6-8-18(9-7-17)13(3)15(19)16-14-4-5-14/h12-14H,4-11H2,1-3H3,(H,16,19). The zero-order chi connectivity index (χ0) is 14.5. The third-order valence-corrected chi connectivity index (χ3v) is 4.12. The first-order valence-corrected chi connectivity index (χ1v) is 7.94. The van der Waals surface area contributed by atoms with Crippen molar-refractivity contribution in [1.82, 2.24) is 15.1 Å². The molecule has 0 aromatic heterocycles. The van der Waals surface area contributed by atoms with E-state index in [9.17, 15) is 4.79 Å². The van der Waals surface area contributed by atoms with E-state index in [2.05, 4.69) is 29.0 Å². The lowest BCUT2D eigenvalue weighted by atomic mass is 10.2. The zero-order valence-electron chi connectivity index (χ0n) is 13.1. The highest BCUT2D eigenvalue weighted by molar-refractivity contribution is 5.81. The monoisotopic (exact) mass is 283 g/mol. The molecule has 1 saturated carbocycles. The number of amides is 1. The first-order valence-electron chi connectivity index (χ1n) is 7.94. The van der Waals surface area contributed by atoms with E-state index in [0.29, 0.717) is 12.1 Å². The van der Waals surface area contributed by atoms with Crippen LogP contribution < -0.4 is 5.32 Å². The predicted molar refractivity (Wildman–Crippen MR) is 79.7 cm³/mol. The van der Waals surface area contributed by atoms with Crippen molar-refractivity contribution in [3.8, 4) is 0 Å². The molecule has 1 atom stereocenters. The Hall–Kier alpha value is -0.650. The van der Waals surface area contributed by atoms with Gasteiger partial charge >= 0.3 is 0 Å². The molecule has 1 saturated heterocycles. The molecule has 1 unspecified atom stereocenters. The quantitative estimate of drug-likeness (QED) is 0.747. The first kappa shape index (κ1) is 15.7. The van der Waals surface area contributed by atoms with E-state index in [0.717, 1.165) is 52.2 Å². The minimum absolute atomic E-state index is 0.00432. The molecule has 1 aliphatic carbocycles. The molecule has 2 rings (SSSR count). The highest BCUT2D eigenvalue weighted by Crippen LogP contribution is 2.19. The summed E-state index contributed by atoms with van der Waals surface area (Å²) in [4.78, 5) is 16.7. The molecule has 1 amide bonds. The van der Waals surface area contributed by atoms with Crippen molar-refractivity contribution in [2.45, 2.75) is 51.8 Å². The molecular formula is C15H29N3O2. The van der Waals surface area contributed by atoms with Gasteiger partial charge in [0.25, 0.3) is 0 Å². The normalized spacial score (nSPS) is 23.0. The average Bonchev–Trinajstić information content (AvgIpc) is 3.22. The minimum Gasteiger partial charge on any atom is -0.377 e. The van der Waals surface area contributed by atoms with Gasteiger partial charge in [-0.25, -0.2) is 0 Å². The summed E-state index contributed by atoms with van der Waals surface area (Å²) < 4.78 is 5.59. The highest BCUT2D eigenvalue weighted by Gasteiger charge is 2.29. The van der Waals surface area contributed by atoms with E-state index in [-0.39, 0.29) is 11.9 Å². The van der Waals surface area contributed by atoms with Crippen LogP contribution in [0.4, 0.5) is 0 Å². The van der Waals surface area contributed by atoms with Gasteiger partial charge in [-0.2, -0.15) is 0 Å². The Morgan fingerprint density at radius 3 is 2.40 bits per heavy atom. The van der Waals surface area contributed by atoms with Gasteiger partial charge in [0.1, 0.15) is 0 Å². The van der Waals surface area contributed by atoms with Crippen LogP contribution in [-0.2, 0) is 9.53 Å². The number of nitrogens with one attached hydrogen (secondary N) is 1. The summed E-state index contributed by atoms with van der Waals surface area (Å²) in [5, 5.41) is 3.09. The molecule has 1 N–H and O–H groups in total. The van der Waals surface area contributed by atoms with E-state index in [1.54, 1.807) is 0 Å². The molecule has 0 aromatic rings. The van der Waals surface area contributed by atoms with Crippen LogP contribution >= 0.6 is 0 Å². The van der Waals surface area contributed by atoms with Crippen LogP contribution in [0.1, 0.15) is 33.6 Å². The third kappa shape index (κ3) is 5.04. The van der Waals surface area contributed by atoms with Crippen LogP contribution in [0.25, 0.3) is 0 Å². The number of carbonyl (C=O) groups is 1. The Bertz CT molecular complexity index is 310. The van der Waals surface area contributed by atoms with Crippen LogP contribution in [0.3, 0.4) is 0 Å². The van der Waals surface area contributed by atoms with Crippen LogP contribution in [0.5, 0.6) is 0 Å². The summed E-state index contributed by atoms with van der Waals surface area (Å²) in [5.74, 6) is 0.198. The van der Waals surface area contributed by atoms with E-state index < -0.39 is 0 Å². The fourth-order valence-corrected chi connectivity index (χ4v) is 2.51. The van der Waals surface area contributed by atoms with Crippen molar-refractivity contribution in [2.75, 3.05) is 39.3 Å². The van der Waals surface area contributed by atoms with E-state index in [1.165, 1.54) is 0 Å². The molecule has 0 aromatic carbocycles. The van der Waals surface area contributed by atoms with Crippen molar-refractivity contribution in [1.29, 1.82) is 0 Å². The lowest BCUT2D eigenvalue weighted by Gasteiger charge is -2.37. The predicted octanol–water partition coefficient (Wildman–Crippen LogP) is 0.696. The third-order valence-electron chi connectivity index (χ3n) is 4.12. The van der Waals surface area contributed by atoms with Crippen molar-refractivity contribution in [2.24, 2.45) is 0 Å². The number of ether oxygens (including phenoxy) is 1. The molecule has 2 fully saturated rings. The molecule has 2 aliphatic rings. The molecule has 0 radical (unpaired) electrons. The molecule has 116 valence electrons. The van der Waals surface area contributed by atoms with Gasteiger partial charge in [-0.05, 0) is 33.6 Å². The van der Waals surface area contributed by atoms with Crippen molar-refractivity contribution in [3.05, 3.63) is 0 Å². The van der Waals surface area contributed by atoms with Gasteiger partial charge in [-0.15, -0.1) is 0 Å². The number of hydrogen-bond donors (Lipinski definition) is 1. The lowest BCUT2D eigenvalue weighted by Crippen LogP contribution is -2.54. The summed E-state index contributed by atoms with van der Waals surface area (Å²) in [6, 6.07) is 0.462. The number of nitrogens with zero attached hydrogens (tertiary/aromatic N) is 2. The zero-order valence-corrected chi connectivity index (χ0v) is 13.1. The minimum atomic E-state index is 0.00432. The van der Waals surface area contributed by atoms with Gasteiger partial charge in [0.15, 0.2) is 0 Å². The second kappa shape index (κ2) is 7.38. The Kier molecular flexibility index (Phi) is 5.81. The lowest BCUT2D eigenvalue weighted by molar-refractivity contribution is -0.126. The Morgan fingerprint density at radius 2 is 1.85 bits per heavy atom. The molecule has 20 heavy (non-hydrogen) atoms. The summed E-state index contributed by atoms with van der Waals surface area (Å²) in [5.41, 5.74) is 0. The van der Waals surface area contributed by atoms with Gasteiger partial charge in [0, 0.05) is 38.8 Å². The topological polar surface area (TPSA) is 44.8 Å². The molecule has 5 heteroatoms. The number of hydrogen-bond acceptors (Lipinski definition) is 4. The van der Waals surface area contributed by atoms with Crippen molar-refractivity contribution >= 4 is 5.91 Å².